The van der Waals surface area contributed by atoms with Gasteiger partial charge in [-0.15, -0.1) is 0 Å². The van der Waals surface area contributed by atoms with Crippen LogP contribution in [0.4, 0.5) is 16.2 Å². The summed E-state index contributed by atoms with van der Waals surface area (Å²) in [5.74, 6) is 0.159. The minimum atomic E-state index is -0.551. The third-order valence-electron chi connectivity index (χ3n) is 4.87. The summed E-state index contributed by atoms with van der Waals surface area (Å²) in [4.78, 5) is 27.0. The van der Waals surface area contributed by atoms with E-state index in [0.29, 0.717) is 27.7 Å². The van der Waals surface area contributed by atoms with Crippen molar-refractivity contribution < 1.29 is 14.3 Å². The lowest BCUT2D eigenvalue weighted by Gasteiger charge is -2.22. The fraction of sp³-hybridized carbons (Fsp3) is 0. The molecule has 162 valence electrons. The van der Waals surface area contributed by atoms with Crippen molar-refractivity contribution in [3.05, 3.63) is 131 Å². The van der Waals surface area contributed by atoms with Crippen LogP contribution in [0.3, 0.4) is 0 Å². The summed E-state index contributed by atoms with van der Waals surface area (Å²) in [5.41, 5.74) is 2.61. The van der Waals surface area contributed by atoms with Crippen LogP contribution in [0.25, 0.3) is 6.08 Å². The van der Waals surface area contributed by atoms with E-state index in [9.17, 15) is 9.59 Å². The zero-order valence-electron chi connectivity index (χ0n) is 17.6. The second kappa shape index (κ2) is 10.4. The van der Waals surface area contributed by atoms with Gasteiger partial charge in [0, 0.05) is 10.6 Å². The summed E-state index contributed by atoms with van der Waals surface area (Å²) in [6.45, 7) is 0. The topological polar surface area (TPSA) is 46.6 Å². The average molecular weight is 454 g/mol. The van der Waals surface area contributed by atoms with Gasteiger partial charge in [0.15, 0.2) is 5.78 Å². The molecule has 0 aliphatic rings. The lowest BCUT2D eigenvalue weighted by molar-refractivity contribution is 0.104. The van der Waals surface area contributed by atoms with E-state index in [0.717, 1.165) is 5.56 Å². The van der Waals surface area contributed by atoms with Gasteiger partial charge in [0.2, 0.25) is 0 Å². The number of halogens is 1. The molecule has 0 fully saturated rings. The van der Waals surface area contributed by atoms with E-state index in [2.05, 4.69) is 0 Å². The normalized spacial score (nSPS) is 10.7. The predicted molar refractivity (Wildman–Crippen MR) is 132 cm³/mol. The summed E-state index contributed by atoms with van der Waals surface area (Å²) in [7, 11) is 0. The first-order chi connectivity index (χ1) is 16.1. The molecule has 0 saturated carbocycles. The molecule has 0 heterocycles. The van der Waals surface area contributed by atoms with Crippen LogP contribution in [-0.4, -0.2) is 11.9 Å². The Morgan fingerprint density at radius 3 is 1.82 bits per heavy atom. The van der Waals surface area contributed by atoms with Gasteiger partial charge in [-0.2, -0.15) is 0 Å². The van der Waals surface area contributed by atoms with Crippen LogP contribution in [0, 0.1) is 0 Å². The number of ether oxygens (including phenoxy) is 1. The first kappa shape index (κ1) is 22.1. The Hall–Kier alpha value is -4.15. The molecule has 0 bridgehead atoms. The number of carbonyl (C=O) groups is 2. The van der Waals surface area contributed by atoms with Crippen molar-refractivity contribution in [1.82, 2.24) is 0 Å². The molecule has 0 aliphatic heterocycles. The molecule has 0 spiro atoms. The highest BCUT2D eigenvalue weighted by atomic mass is 35.5. The van der Waals surface area contributed by atoms with E-state index in [4.69, 9.17) is 16.3 Å². The number of amides is 1. The van der Waals surface area contributed by atoms with E-state index < -0.39 is 6.09 Å². The highest BCUT2D eigenvalue weighted by Gasteiger charge is 2.20. The standard InChI is InChI=1S/C28H20ClNO3/c29-26-14-8-7-9-21(26)17-20-27(31)22-15-18-25(19-16-22)33-28(32)30(23-10-3-1-4-11-23)24-12-5-2-6-13-24/h1-20H. The number of para-hydroxylation sites is 2. The number of allylic oxidation sites excluding steroid dienone is 1. The van der Waals surface area contributed by atoms with Crippen LogP contribution in [0.1, 0.15) is 15.9 Å². The molecule has 33 heavy (non-hydrogen) atoms. The molecule has 1 amide bonds. The molecule has 4 aromatic rings. The lowest BCUT2D eigenvalue weighted by atomic mass is 10.1. The van der Waals surface area contributed by atoms with Gasteiger partial charge in [0.25, 0.3) is 0 Å². The van der Waals surface area contributed by atoms with E-state index in [-0.39, 0.29) is 5.78 Å². The van der Waals surface area contributed by atoms with E-state index in [1.165, 1.54) is 11.0 Å². The van der Waals surface area contributed by atoms with Crippen molar-refractivity contribution in [2.45, 2.75) is 0 Å². The highest BCUT2D eigenvalue weighted by molar-refractivity contribution is 6.32. The van der Waals surface area contributed by atoms with E-state index in [1.807, 2.05) is 78.9 Å². The first-order valence-corrected chi connectivity index (χ1v) is 10.7. The second-order valence-electron chi connectivity index (χ2n) is 7.12. The zero-order chi connectivity index (χ0) is 23.0. The molecule has 4 aromatic carbocycles. The molecular weight excluding hydrogens is 434 g/mol. The highest BCUT2D eigenvalue weighted by Crippen LogP contribution is 2.27. The minimum absolute atomic E-state index is 0.178. The van der Waals surface area contributed by atoms with Gasteiger partial charge < -0.3 is 4.74 Å². The predicted octanol–water partition coefficient (Wildman–Crippen LogP) is 7.57. The molecule has 0 unspecified atom stereocenters. The Balaban J connectivity index is 1.49. The molecule has 4 nitrogen and oxygen atoms in total. The third-order valence-corrected chi connectivity index (χ3v) is 5.22. The Morgan fingerprint density at radius 2 is 1.24 bits per heavy atom. The monoisotopic (exact) mass is 453 g/mol. The van der Waals surface area contributed by atoms with E-state index in [1.54, 1.807) is 36.4 Å². The maximum absolute atomic E-state index is 13.0. The Kier molecular flexibility index (Phi) is 6.98. The molecule has 0 atom stereocenters. The van der Waals surface area contributed by atoms with Crippen molar-refractivity contribution in [2.24, 2.45) is 0 Å². The summed E-state index contributed by atoms with van der Waals surface area (Å²) < 4.78 is 5.61. The SMILES string of the molecule is O=C(C=Cc1ccccc1Cl)c1ccc(OC(=O)N(c2ccccc2)c2ccccc2)cc1. The summed E-state index contributed by atoms with van der Waals surface area (Å²) in [6, 6.07) is 32.3. The number of carbonyl (C=O) groups excluding carboxylic acids is 2. The van der Waals surface area contributed by atoms with Crippen LogP contribution in [0.5, 0.6) is 5.75 Å². The molecule has 0 N–H and O–H groups in total. The average Bonchev–Trinajstić information content (AvgIpc) is 2.85. The summed E-state index contributed by atoms with van der Waals surface area (Å²) in [5, 5.41) is 0.574. The molecule has 0 radical (unpaired) electrons. The zero-order valence-corrected chi connectivity index (χ0v) is 18.4. The van der Waals surface area contributed by atoms with Crippen molar-refractivity contribution in [2.75, 3.05) is 4.90 Å². The molecule has 0 aromatic heterocycles. The molecule has 4 rings (SSSR count). The van der Waals surface area contributed by atoms with Gasteiger partial charge in [0.1, 0.15) is 5.75 Å². The smallest absolute Gasteiger partial charge is 0.410 e. The number of anilines is 2. The Labute approximate surface area is 197 Å². The van der Waals surface area contributed by atoms with Crippen LogP contribution < -0.4 is 9.64 Å². The lowest BCUT2D eigenvalue weighted by Crippen LogP contribution is -2.29. The van der Waals surface area contributed by atoms with E-state index >= 15 is 0 Å². The van der Waals surface area contributed by atoms with Crippen LogP contribution in [0.15, 0.2) is 115 Å². The molecule has 0 aliphatic carbocycles. The van der Waals surface area contributed by atoms with Gasteiger partial charge in [-0.05, 0) is 72.3 Å². The summed E-state index contributed by atoms with van der Waals surface area (Å²) in [6.07, 6.45) is 2.59. The number of hydrogen-bond acceptors (Lipinski definition) is 3. The van der Waals surface area contributed by atoms with Crippen molar-refractivity contribution in [3.63, 3.8) is 0 Å². The number of nitrogens with zero attached hydrogens (tertiary/aromatic N) is 1. The van der Waals surface area contributed by atoms with Crippen LogP contribution >= 0.6 is 11.6 Å². The van der Waals surface area contributed by atoms with Gasteiger partial charge in [-0.3, -0.25) is 4.79 Å². The fourth-order valence-corrected chi connectivity index (χ4v) is 3.42. The largest absolute Gasteiger partial charge is 0.424 e. The van der Waals surface area contributed by atoms with Crippen molar-refractivity contribution in [1.29, 1.82) is 0 Å². The number of rotatable bonds is 6. The summed E-state index contributed by atoms with van der Waals surface area (Å²) >= 11 is 6.12. The van der Waals surface area contributed by atoms with Crippen LogP contribution in [-0.2, 0) is 0 Å². The molecule has 5 heteroatoms. The maximum Gasteiger partial charge on any atom is 0.424 e. The quantitative estimate of drug-likeness (QED) is 0.223. The molecule has 0 saturated heterocycles. The van der Waals surface area contributed by atoms with Gasteiger partial charge >= 0.3 is 6.09 Å². The van der Waals surface area contributed by atoms with Crippen molar-refractivity contribution >= 4 is 40.9 Å². The minimum Gasteiger partial charge on any atom is -0.410 e. The Bertz CT molecular complexity index is 1230. The fourth-order valence-electron chi connectivity index (χ4n) is 3.22. The Morgan fingerprint density at radius 1 is 0.697 bits per heavy atom. The van der Waals surface area contributed by atoms with Gasteiger partial charge in [0.05, 0.1) is 11.4 Å². The molecular formula is C28H20ClNO3. The maximum atomic E-state index is 13.0. The first-order valence-electron chi connectivity index (χ1n) is 10.3. The third kappa shape index (κ3) is 5.56. The number of hydrogen-bond donors (Lipinski definition) is 0. The van der Waals surface area contributed by atoms with Crippen molar-refractivity contribution in [3.8, 4) is 5.75 Å². The number of ketones is 1. The van der Waals surface area contributed by atoms with Gasteiger partial charge in [-0.25, -0.2) is 9.69 Å². The van der Waals surface area contributed by atoms with Crippen LogP contribution in [0.2, 0.25) is 5.02 Å². The van der Waals surface area contributed by atoms with Gasteiger partial charge in [-0.1, -0.05) is 66.2 Å². The number of benzene rings is 4. The second-order valence-corrected chi connectivity index (χ2v) is 7.53.